The summed E-state index contributed by atoms with van der Waals surface area (Å²) in [6, 6.07) is 13.8. The molecule has 0 radical (unpaired) electrons. The summed E-state index contributed by atoms with van der Waals surface area (Å²) in [7, 11) is -0.722. The van der Waals surface area contributed by atoms with Crippen LogP contribution in [0, 0.1) is 6.92 Å². The Labute approximate surface area is 196 Å². The van der Waals surface area contributed by atoms with Crippen LogP contribution in [0.15, 0.2) is 75.4 Å². The Hall–Kier alpha value is -3.21. The van der Waals surface area contributed by atoms with Crippen LogP contribution in [0.4, 0.5) is 5.69 Å². The molecule has 0 fully saturated rings. The summed E-state index contributed by atoms with van der Waals surface area (Å²) in [4.78, 5) is 21.8. The van der Waals surface area contributed by atoms with Crippen molar-refractivity contribution in [1.29, 1.82) is 0 Å². The molecule has 0 atom stereocenters. The smallest absolute Gasteiger partial charge is 0.291 e. The molecule has 1 amide bonds. The lowest BCUT2D eigenvalue weighted by atomic mass is 10.1. The molecule has 4 rings (SSSR count). The second-order valence-corrected chi connectivity index (χ2v) is 10.5. The van der Waals surface area contributed by atoms with Crippen LogP contribution in [0.3, 0.4) is 0 Å². The summed E-state index contributed by atoms with van der Waals surface area (Å²) in [6.45, 7) is 1.80. The number of fused-ring (bicyclic) bond motifs is 1. The van der Waals surface area contributed by atoms with Crippen molar-refractivity contribution in [2.24, 2.45) is 0 Å². The van der Waals surface area contributed by atoms with Crippen molar-refractivity contribution in [2.75, 3.05) is 19.4 Å². The molecule has 0 bridgehead atoms. The number of amides is 1. The SMILES string of the molecule is Cc1ccc(S(=O)(=O)N(C)C)cc1NC(=O)c1oc2ccccc2c1CSc1ncccn1. The number of aromatic nitrogens is 2. The minimum atomic E-state index is -3.64. The van der Waals surface area contributed by atoms with Crippen LogP contribution in [-0.2, 0) is 15.8 Å². The number of anilines is 1. The quantitative estimate of drug-likeness (QED) is 0.309. The van der Waals surface area contributed by atoms with Crippen molar-refractivity contribution >= 4 is 44.3 Å². The number of nitrogens with zero attached hydrogens (tertiary/aromatic N) is 3. The molecule has 0 aliphatic rings. The van der Waals surface area contributed by atoms with E-state index in [4.69, 9.17) is 4.42 Å². The third kappa shape index (κ3) is 4.77. The van der Waals surface area contributed by atoms with E-state index < -0.39 is 15.9 Å². The molecule has 33 heavy (non-hydrogen) atoms. The number of rotatable bonds is 7. The van der Waals surface area contributed by atoms with Gasteiger partial charge in [0, 0.05) is 48.9 Å². The standard InChI is InChI=1S/C23H22N4O4S2/c1-15-9-10-16(33(29,30)27(2)3)13-19(15)26-22(28)21-18(14-32-23-24-11-6-12-25-23)17-7-4-5-8-20(17)31-21/h4-13H,14H2,1-3H3,(H,26,28). The monoisotopic (exact) mass is 482 g/mol. The van der Waals surface area contributed by atoms with E-state index in [0.717, 1.165) is 20.8 Å². The number of para-hydroxylation sites is 1. The number of sulfonamides is 1. The summed E-state index contributed by atoms with van der Waals surface area (Å²) in [5.41, 5.74) is 2.43. The number of hydrogen-bond donors (Lipinski definition) is 1. The number of furan rings is 1. The van der Waals surface area contributed by atoms with Gasteiger partial charge in [0.1, 0.15) is 5.58 Å². The van der Waals surface area contributed by atoms with Crippen LogP contribution in [-0.4, -0.2) is 42.7 Å². The maximum Gasteiger partial charge on any atom is 0.291 e. The van der Waals surface area contributed by atoms with Gasteiger partial charge in [0.25, 0.3) is 5.91 Å². The van der Waals surface area contributed by atoms with Gasteiger partial charge in [-0.3, -0.25) is 4.79 Å². The molecule has 0 saturated heterocycles. The first-order valence-electron chi connectivity index (χ1n) is 10.0. The molecule has 0 unspecified atom stereocenters. The van der Waals surface area contributed by atoms with Crippen molar-refractivity contribution in [3.05, 3.63) is 77.8 Å². The van der Waals surface area contributed by atoms with Gasteiger partial charge in [-0.15, -0.1) is 0 Å². The highest BCUT2D eigenvalue weighted by molar-refractivity contribution is 7.98. The fourth-order valence-electron chi connectivity index (χ4n) is 3.21. The third-order valence-electron chi connectivity index (χ3n) is 5.03. The van der Waals surface area contributed by atoms with Gasteiger partial charge in [-0.05, 0) is 36.8 Å². The molecule has 1 N–H and O–H groups in total. The number of carbonyl (C=O) groups is 1. The highest BCUT2D eigenvalue weighted by atomic mass is 32.2. The molecule has 0 aliphatic heterocycles. The molecule has 0 aliphatic carbocycles. The highest BCUT2D eigenvalue weighted by Gasteiger charge is 2.23. The molecule has 10 heteroatoms. The highest BCUT2D eigenvalue weighted by Crippen LogP contribution is 2.32. The number of benzene rings is 2. The molecule has 2 aromatic carbocycles. The first-order chi connectivity index (χ1) is 15.8. The summed E-state index contributed by atoms with van der Waals surface area (Å²) < 4.78 is 32.1. The summed E-state index contributed by atoms with van der Waals surface area (Å²) in [5.74, 6) is 0.135. The van der Waals surface area contributed by atoms with Gasteiger partial charge < -0.3 is 9.73 Å². The Morgan fingerprint density at radius 3 is 2.55 bits per heavy atom. The molecule has 8 nitrogen and oxygen atoms in total. The Kier molecular flexibility index (Phi) is 6.50. The van der Waals surface area contributed by atoms with Crippen LogP contribution in [0.25, 0.3) is 11.0 Å². The molecule has 170 valence electrons. The Balaban J connectivity index is 1.68. The first kappa shape index (κ1) is 23.0. The minimum Gasteiger partial charge on any atom is -0.451 e. The van der Waals surface area contributed by atoms with Crippen LogP contribution < -0.4 is 5.32 Å². The van der Waals surface area contributed by atoms with E-state index in [1.165, 1.54) is 38.0 Å². The average Bonchev–Trinajstić information content (AvgIpc) is 3.18. The molecule has 4 aromatic rings. The lowest BCUT2D eigenvalue weighted by molar-refractivity contribution is 0.0997. The maximum atomic E-state index is 13.3. The first-order valence-corrected chi connectivity index (χ1v) is 12.4. The zero-order chi connectivity index (χ0) is 23.6. The lowest BCUT2D eigenvalue weighted by Crippen LogP contribution is -2.22. The van der Waals surface area contributed by atoms with Crippen LogP contribution in [0.5, 0.6) is 0 Å². The number of thioether (sulfide) groups is 1. The van der Waals surface area contributed by atoms with Gasteiger partial charge >= 0.3 is 0 Å². The zero-order valence-corrected chi connectivity index (χ0v) is 19.9. The van der Waals surface area contributed by atoms with E-state index in [2.05, 4.69) is 15.3 Å². The maximum absolute atomic E-state index is 13.3. The van der Waals surface area contributed by atoms with Crippen molar-refractivity contribution in [1.82, 2.24) is 14.3 Å². The molecular formula is C23H22N4O4S2. The van der Waals surface area contributed by atoms with Gasteiger partial charge in [-0.25, -0.2) is 22.7 Å². The molecular weight excluding hydrogens is 460 g/mol. The van der Waals surface area contributed by atoms with Crippen LogP contribution in [0.2, 0.25) is 0 Å². The number of nitrogens with one attached hydrogen (secondary N) is 1. The second kappa shape index (κ2) is 9.34. The van der Waals surface area contributed by atoms with E-state index in [-0.39, 0.29) is 10.7 Å². The normalized spacial score (nSPS) is 11.8. The summed E-state index contributed by atoms with van der Waals surface area (Å²) in [5, 5.41) is 4.24. The average molecular weight is 483 g/mol. The number of carbonyl (C=O) groups excluding carboxylic acids is 1. The Morgan fingerprint density at radius 2 is 1.82 bits per heavy atom. The van der Waals surface area contributed by atoms with E-state index in [1.54, 1.807) is 37.5 Å². The summed E-state index contributed by atoms with van der Waals surface area (Å²) >= 11 is 1.40. The van der Waals surface area contributed by atoms with Gasteiger partial charge in [0.05, 0.1) is 4.90 Å². The van der Waals surface area contributed by atoms with Crippen molar-refractivity contribution in [3.63, 3.8) is 0 Å². The van der Waals surface area contributed by atoms with E-state index >= 15 is 0 Å². The summed E-state index contributed by atoms with van der Waals surface area (Å²) in [6.07, 6.45) is 3.32. The minimum absolute atomic E-state index is 0.0926. The molecule has 2 aromatic heterocycles. The fraction of sp³-hybridized carbons (Fsp3) is 0.174. The van der Waals surface area contributed by atoms with Crippen LogP contribution in [0.1, 0.15) is 21.7 Å². The van der Waals surface area contributed by atoms with Gasteiger partial charge in [0.2, 0.25) is 10.0 Å². The fourth-order valence-corrected chi connectivity index (χ4v) is 4.97. The molecule has 2 heterocycles. The van der Waals surface area contributed by atoms with Gasteiger partial charge in [-0.2, -0.15) is 0 Å². The Bertz CT molecular complexity index is 1420. The predicted molar refractivity (Wildman–Crippen MR) is 128 cm³/mol. The van der Waals surface area contributed by atoms with Crippen LogP contribution >= 0.6 is 11.8 Å². The topological polar surface area (TPSA) is 105 Å². The largest absolute Gasteiger partial charge is 0.451 e. The predicted octanol–water partition coefficient (Wildman–Crippen LogP) is 4.33. The van der Waals surface area contributed by atoms with E-state index in [9.17, 15) is 13.2 Å². The molecule has 0 spiro atoms. The van der Waals surface area contributed by atoms with Gasteiger partial charge in [0.15, 0.2) is 10.9 Å². The van der Waals surface area contributed by atoms with Gasteiger partial charge in [-0.1, -0.05) is 36.0 Å². The van der Waals surface area contributed by atoms with E-state index in [0.29, 0.717) is 22.2 Å². The Morgan fingerprint density at radius 1 is 1.09 bits per heavy atom. The van der Waals surface area contributed by atoms with Crippen molar-refractivity contribution in [2.45, 2.75) is 22.7 Å². The number of hydrogen-bond acceptors (Lipinski definition) is 7. The van der Waals surface area contributed by atoms with Crippen molar-refractivity contribution in [3.8, 4) is 0 Å². The zero-order valence-electron chi connectivity index (χ0n) is 18.3. The third-order valence-corrected chi connectivity index (χ3v) is 7.74. The van der Waals surface area contributed by atoms with E-state index in [1.807, 2.05) is 18.2 Å². The number of aryl methyl sites for hydroxylation is 1. The lowest BCUT2D eigenvalue weighted by Gasteiger charge is -2.14. The molecule has 0 saturated carbocycles. The second-order valence-electron chi connectivity index (χ2n) is 7.44. The van der Waals surface area contributed by atoms with Crippen molar-refractivity contribution < 1.29 is 17.6 Å².